The molecule has 2 N–H and O–H groups in total. The van der Waals surface area contributed by atoms with Crippen LogP contribution < -0.4 is 0 Å². The Hall–Kier alpha value is -2.58. The Bertz CT molecular complexity index is 937. The summed E-state index contributed by atoms with van der Waals surface area (Å²) in [6, 6.07) is 29.3. The van der Waals surface area contributed by atoms with Gasteiger partial charge in [0.05, 0.1) is 26.4 Å². The number of aliphatic hydroxyl groups excluding tert-OH is 2. The van der Waals surface area contributed by atoms with E-state index in [1.807, 2.05) is 91.0 Å². The molecule has 1 aliphatic rings. The van der Waals surface area contributed by atoms with Gasteiger partial charge in [-0.1, -0.05) is 91.0 Å². The molecular weight excluding hydrogens is 420 g/mol. The molecule has 5 atom stereocenters. The van der Waals surface area contributed by atoms with E-state index in [1.165, 1.54) is 0 Å². The van der Waals surface area contributed by atoms with Gasteiger partial charge in [0.15, 0.2) is 6.29 Å². The molecule has 0 aliphatic carbocycles. The van der Waals surface area contributed by atoms with Crippen molar-refractivity contribution in [2.45, 2.75) is 50.5 Å². The molecular formula is C27H30O6. The molecule has 6 heteroatoms. The first-order chi connectivity index (χ1) is 16.2. The van der Waals surface area contributed by atoms with E-state index in [0.717, 1.165) is 16.7 Å². The lowest BCUT2D eigenvalue weighted by Crippen LogP contribution is -2.44. The summed E-state index contributed by atoms with van der Waals surface area (Å²) >= 11 is 0. The summed E-state index contributed by atoms with van der Waals surface area (Å²) in [5, 5.41) is 20.8. The predicted molar refractivity (Wildman–Crippen MR) is 123 cm³/mol. The highest BCUT2D eigenvalue weighted by molar-refractivity contribution is 5.15. The van der Waals surface area contributed by atoms with Gasteiger partial charge in [0.25, 0.3) is 0 Å². The second-order valence-corrected chi connectivity index (χ2v) is 8.08. The lowest BCUT2D eigenvalue weighted by molar-refractivity contribution is -0.170. The average molecular weight is 451 g/mol. The number of hydrogen-bond donors (Lipinski definition) is 2. The predicted octanol–water partition coefficient (Wildman–Crippen LogP) is 3.45. The molecule has 4 rings (SSSR count). The van der Waals surface area contributed by atoms with Crippen molar-refractivity contribution in [3.8, 4) is 0 Å². The van der Waals surface area contributed by atoms with Crippen LogP contribution in [0.1, 0.15) is 16.7 Å². The molecule has 1 unspecified atom stereocenters. The fourth-order valence-electron chi connectivity index (χ4n) is 3.82. The van der Waals surface area contributed by atoms with Crippen LogP contribution in [0.25, 0.3) is 0 Å². The number of rotatable bonds is 11. The molecule has 0 bridgehead atoms. The Morgan fingerprint density at radius 1 is 0.697 bits per heavy atom. The lowest BCUT2D eigenvalue weighted by Gasteiger charge is -2.28. The second-order valence-electron chi connectivity index (χ2n) is 8.08. The molecule has 3 aromatic rings. The summed E-state index contributed by atoms with van der Waals surface area (Å²) in [7, 11) is 0. The molecule has 0 spiro atoms. The van der Waals surface area contributed by atoms with Gasteiger partial charge in [-0.25, -0.2) is 0 Å². The van der Waals surface area contributed by atoms with E-state index in [2.05, 4.69) is 0 Å². The van der Waals surface area contributed by atoms with Crippen molar-refractivity contribution in [1.29, 1.82) is 0 Å². The summed E-state index contributed by atoms with van der Waals surface area (Å²) in [6.45, 7) is 1.26. The molecule has 1 aliphatic heterocycles. The van der Waals surface area contributed by atoms with Crippen LogP contribution in [0.4, 0.5) is 0 Å². The highest BCUT2D eigenvalue weighted by Crippen LogP contribution is 2.28. The zero-order chi connectivity index (χ0) is 22.9. The molecule has 174 valence electrons. The minimum absolute atomic E-state index is 0.219. The number of aliphatic hydroxyl groups is 2. The van der Waals surface area contributed by atoms with Crippen LogP contribution in [0.15, 0.2) is 91.0 Å². The largest absolute Gasteiger partial charge is 0.385 e. The Kier molecular flexibility index (Phi) is 8.60. The van der Waals surface area contributed by atoms with Gasteiger partial charge in [-0.15, -0.1) is 0 Å². The maximum absolute atomic E-state index is 10.5. The van der Waals surface area contributed by atoms with Gasteiger partial charge in [0.1, 0.15) is 24.4 Å². The molecule has 0 radical (unpaired) electrons. The Labute approximate surface area is 194 Å². The van der Waals surface area contributed by atoms with Crippen LogP contribution in [-0.2, 0) is 38.8 Å². The molecule has 6 nitrogen and oxygen atoms in total. The molecule has 1 fully saturated rings. The molecule has 1 heterocycles. The van der Waals surface area contributed by atoms with Gasteiger partial charge in [-0.3, -0.25) is 0 Å². The van der Waals surface area contributed by atoms with Crippen molar-refractivity contribution in [2.24, 2.45) is 0 Å². The van der Waals surface area contributed by atoms with Crippen molar-refractivity contribution >= 4 is 0 Å². The van der Waals surface area contributed by atoms with E-state index >= 15 is 0 Å². The van der Waals surface area contributed by atoms with E-state index < -0.39 is 30.7 Å². The van der Waals surface area contributed by atoms with Gasteiger partial charge in [0.2, 0.25) is 0 Å². The number of ether oxygens (including phenoxy) is 4. The standard InChI is InChI=1S/C27H30O6/c28-24-26(32-18-22-14-8-3-9-15-22)25(33-27(24)29)23(31-17-21-12-6-2-7-13-21)19-30-16-20-10-4-1-5-11-20/h1-15,23-29H,16-19H2/t23-,24-,25+,26-,27?/m1/s1. The van der Waals surface area contributed by atoms with Crippen LogP contribution in [0.2, 0.25) is 0 Å². The maximum atomic E-state index is 10.5. The molecule has 3 aromatic carbocycles. The molecule has 1 saturated heterocycles. The van der Waals surface area contributed by atoms with Crippen molar-refractivity contribution in [3.05, 3.63) is 108 Å². The van der Waals surface area contributed by atoms with Crippen molar-refractivity contribution in [1.82, 2.24) is 0 Å². The minimum atomic E-state index is -1.35. The highest BCUT2D eigenvalue weighted by Gasteiger charge is 2.48. The Morgan fingerprint density at radius 3 is 1.79 bits per heavy atom. The average Bonchev–Trinajstić information content (AvgIpc) is 3.15. The first-order valence-corrected chi connectivity index (χ1v) is 11.1. The lowest BCUT2D eigenvalue weighted by atomic mass is 10.1. The highest BCUT2D eigenvalue weighted by atomic mass is 16.7. The van der Waals surface area contributed by atoms with Crippen molar-refractivity contribution in [2.75, 3.05) is 6.61 Å². The Balaban J connectivity index is 1.44. The topological polar surface area (TPSA) is 77.4 Å². The zero-order valence-corrected chi connectivity index (χ0v) is 18.4. The van der Waals surface area contributed by atoms with Crippen LogP contribution in [0, 0.1) is 0 Å². The monoisotopic (exact) mass is 450 g/mol. The minimum Gasteiger partial charge on any atom is -0.385 e. The van der Waals surface area contributed by atoms with Crippen LogP contribution in [-0.4, -0.2) is 47.5 Å². The molecule has 0 amide bonds. The van der Waals surface area contributed by atoms with Crippen LogP contribution in [0.3, 0.4) is 0 Å². The smallest absolute Gasteiger partial charge is 0.184 e. The van der Waals surface area contributed by atoms with E-state index in [0.29, 0.717) is 13.2 Å². The quantitative estimate of drug-likeness (QED) is 0.466. The van der Waals surface area contributed by atoms with Gasteiger partial charge in [0, 0.05) is 0 Å². The summed E-state index contributed by atoms with van der Waals surface area (Å²) in [5.74, 6) is 0. The van der Waals surface area contributed by atoms with Gasteiger partial charge in [-0.05, 0) is 16.7 Å². The maximum Gasteiger partial charge on any atom is 0.184 e. The van der Waals surface area contributed by atoms with Crippen molar-refractivity contribution < 1.29 is 29.2 Å². The second kappa shape index (κ2) is 12.0. The SMILES string of the molecule is OC1O[C@@H]([C@@H](COCc2ccccc2)OCc2ccccc2)[C@H](OCc2ccccc2)[C@H]1O. The first-order valence-electron chi connectivity index (χ1n) is 11.1. The van der Waals surface area contributed by atoms with Crippen molar-refractivity contribution in [3.63, 3.8) is 0 Å². The van der Waals surface area contributed by atoms with E-state index in [1.54, 1.807) is 0 Å². The summed E-state index contributed by atoms with van der Waals surface area (Å²) < 4.78 is 23.8. The van der Waals surface area contributed by atoms with Crippen LogP contribution in [0.5, 0.6) is 0 Å². The van der Waals surface area contributed by atoms with Gasteiger partial charge < -0.3 is 29.2 Å². The third-order valence-electron chi connectivity index (χ3n) is 5.60. The zero-order valence-electron chi connectivity index (χ0n) is 18.4. The third kappa shape index (κ3) is 6.71. The summed E-state index contributed by atoms with van der Waals surface area (Å²) in [5.41, 5.74) is 3.02. The van der Waals surface area contributed by atoms with E-state index in [4.69, 9.17) is 18.9 Å². The Morgan fingerprint density at radius 2 is 1.21 bits per heavy atom. The first kappa shape index (κ1) is 23.6. The fourth-order valence-corrected chi connectivity index (χ4v) is 3.82. The fraction of sp³-hybridized carbons (Fsp3) is 0.333. The van der Waals surface area contributed by atoms with E-state index in [9.17, 15) is 10.2 Å². The number of hydrogen-bond acceptors (Lipinski definition) is 6. The van der Waals surface area contributed by atoms with E-state index in [-0.39, 0.29) is 13.2 Å². The number of benzene rings is 3. The summed E-state index contributed by atoms with van der Waals surface area (Å²) in [6.07, 6.45) is -4.55. The van der Waals surface area contributed by atoms with Crippen LogP contribution >= 0.6 is 0 Å². The normalized spacial score (nSPS) is 23.5. The van der Waals surface area contributed by atoms with Gasteiger partial charge in [-0.2, -0.15) is 0 Å². The molecule has 0 saturated carbocycles. The van der Waals surface area contributed by atoms with Gasteiger partial charge >= 0.3 is 0 Å². The third-order valence-corrected chi connectivity index (χ3v) is 5.60. The molecule has 0 aromatic heterocycles. The summed E-state index contributed by atoms with van der Waals surface area (Å²) in [4.78, 5) is 0. The molecule has 33 heavy (non-hydrogen) atoms.